The first kappa shape index (κ1) is 26.5. The summed E-state index contributed by atoms with van der Waals surface area (Å²) in [4.78, 5) is 28.2. The quantitative estimate of drug-likeness (QED) is 0.401. The van der Waals surface area contributed by atoms with Crippen LogP contribution in [-0.2, 0) is 20.7 Å². The number of benzene rings is 2. The second-order valence-electron chi connectivity index (χ2n) is 9.56. The minimum absolute atomic E-state index is 0.0245. The Morgan fingerprint density at radius 2 is 1.71 bits per heavy atom. The molecule has 7 nitrogen and oxygen atoms in total. The molecule has 0 unspecified atom stereocenters. The number of carbonyl (C=O) groups excluding carboxylic acids is 2. The van der Waals surface area contributed by atoms with Crippen LogP contribution in [0.3, 0.4) is 0 Å². The predicted octanol–water partition coefficient (Wildman–Crippen LogP) is 3.83. The van der Waals surface area contributed by atoms with E-state index in [0.29, 0.717) is 39.3 Å². The second-order valence-corrected chi connectivity index (χ2v) is 9.56. The van der Waals surface area contributed by atoms with E-state index >= 15 is 0 Å². The fourth-order valence-corrected chi connectivity index (χ4v) is 4.24. The van der Waals surface area contributed by atoms with Crippen molar-refractivity contribution in [2.24, 2.45) is 11.8 Å². The Balaban J connectivity index is 1.61. The van der Waals surface area contributed by atoms with Gasteiger partial charge < -0.3 is 25.4 Å². The number of morpholine rings is 1. The molecule has 0 saturated carbocycles. The normalized spacial score (nSPS) is 15.5. The first-order valence-electron chi connectivity index (χ1n) is 12.6. The number of nitrogens with zero attached hydrogens (tertiary/aromatic N) is 1. The van der Waals surface area contributed by atoms with Gasteiger partial charge in [-0.2, -0.15) is 0 Å². The van der Waals surface area contributed by atoms with Crippen molar-refractivity contribution in [3.8, 4) is 5.75 Å². The second kappa shape index (κ2) is 13.7. The van der Waals surface area contributed by atoms with Gasteiger partial charge in [-0.3, -0.25) is 9.59 Å². The highest BCUT2D eigenvalue weighted by Gasteiger charge is 2.28. The monoisotopic (exact) mass is 481 g/mol. The Labute approximate surface area is 208 Å². The molecule has 0 aromatic heterocycles. The van der Waals surface area contributed by atoms with Gasteiger partial charge in [0.25, 0.3) is 0 Å². The third-order valence-electron chi connectivity index (χ3n) is 6.54. The highest BCUT2D eigenvalue weighted by atomic mass is 16.5. The van der Waals surface area contributed by atoms with Crippen molar-refractivity contribution in [1.29, 1.82) is 0 Å². The molecule has 1 aliphatic rings. The van der Waals surface area contributed by atoms with E-state index in [1.165, 1.54) is 5.56 Å². The molecule has 0 spiro atoms. The van der Waals surface area contributed by atoms with Crippen LogP contribution < -0.4 is 10.6 Å². The zero-order valence-corrected chi connectivity index (χ0v) is 20.9. The van der Waals surface area contributed by atoms with Crippen LogP contribution in [0.15, 0.2) is 54.6 Å². The summed E-state index contributed by atoms with van der Waals surface area (Å²) in [6, 6.07) is 17.0. The Morgan fingerprint density at radius 3 is 2.37 bits per heavy atom. The molecular formula is C28H39N3O4. The average molecular weight is 482 g/mol. The van der Waals surface area contributed by atoms with Gasteiger partial charge >= 0.3 is 0 Å². The summed E-state index contributed by atoms with van der Waals surface area (Å²) < 4.78 is 5.37. The van der Waals surface area contributed by atoms with Gasteiger partial charge in [0, 0.05) is 43.7 Å². The maximum atomic E-state index is 13.4. The van der Waals surface area contributed by atoms with E-state index in [2.05, 4.69) is 36.6 Å². The largest absolute Gasteiger partial charge is 0.508 e. The average Bonchev–Trinajstić information content (AvgIpc) is 2.87. The standard InChI is InChI=1S/C28H39N3O4/c1-21(2)26(20-29-24-11-13-25(32)14-12-24)30-28(34)23(10-6-9-22-7-4-3-5-8-22)19-27(33)31-15-17-35-18-16-31/h3-5,7-8,11-14,21,23,26,29,32H,6,9-10,15-20H2,1-2H3,(H,30,34)/t23-,26-/m1/s1. The van der Waals surface area contributed by atoms with Crippen LogP contribution in [0.5, 0.6) is 5.75 Å². The number of carbonyl (C=O) groups is 2. The zero-order chi connectivity index (χ0) is 25.0. The van der Waals surface area contributed by atoms with Crippen molar-refractivity contribution >= 4 is 17.5 Å². The molecule has 1 saturated heterocycles. The van der Waals surface area contributed by atoms with Crippen LogP contribution in [0, 0.1) is 11.8 Å². The highest BCUT2D eigenvalue weighted by Crippen LogP contribution is 2.19. The smallest absolute Gasteiger partial charge is 0.223 e. The number of amides is 2. The maximum Gasteiger partial charge on any atom is 0.223 e. The van der Waals surface area contributed by atoms with Gasteiger partial charge in [-0.1, -0.05) is 44.2 Å². The molecule has 0 radical (unpaired) electrons. The lowest BCUT2D eigenvalue weighted by molar-refractivity contribution is -0.139. The van der Waals surface area contributed by atoms with Crippen LogP contribution in [0.2, 0.25) is 0 Å². The number of nitrogens with one attached hydrogen (secondary N) is 2. The van der Waals surface area contributed by atoms with Crippen molar-refractivity contribution in [2.75, 3.05) is 38.2 Å². The lowest BCUT2D eigenvalue weighted by Gasteiger charge is -2.29. The minimum atomic E-state index is -0.371. The van der Waals surface area contributed by atoms with Gasteiger partial charge in [0.05, 0.1) is 13.2 Å². The summed E-state index contributed by atoms with van der Waals surface area (Å²) >= 11 is 0. The fraction of sp³-hybridized carbons (Fsp3) is 0.500. The first-order valence-corrected chi connectivity index (χ1v) is 12.6. The van der Waals surface area contributed by atoms with E-state index < -0.39 is 0 Å². The topological polar surface area (TPSA) is 90.9 Å². The third kappa shape index (κ3) is 8.91. The maximum absolute atomic E-state index is 13.4. The van der Waals surface area contributed by atoms with Crippen molar-refractivity contribution < 1.29 is 19.4 Å². The number of aromatic hydroxyl groups is 1. The Morgan fingerprint density at radius 1 is 1.03 bits per heavy atom. The molecule has 3 N–H and O–H groups in total. The van der Waals surface area contributed by atoms with Crippen LogP contribution in [0.1, 0.15) is 38.7 Å². The molecule has 2 atom stereocenters. The molecule has 2 amide bonds. The molecule has 1 aliphatic heterocycles. The number of rotatable bonds is 12. The van der Waals surface area contributed by atoms with Crippen LogP contribution in [0.25, 0.3) is 0 Å². The summed E-state index contributed by atoms with van der Waals surface area (Å²) in [7, 11) is 0. The van der Waals surface area contributed by atoms with Crippen molar-refractivity contribution in [2.45, 2.75) is 45.6 Å². The van der Waals surface area contributed by atoms with Gasteiger partial charge in [-0.25, -0.2) is 0 Å². The number of hydrogen-bond donors (Lipinski definition) is 3. The summed E-state index contributed by atoms with van der Waals surface area (Å²) in [5.74, 6) is 0.0161. The Hall–Kier alpha value is -3.06. The highest BCUT2D eigenvalue weighted by molar-refractivity contribution is 5.86. The zero-order valence-electron chi connectivity index (χ0n) is 20.9. The van der Waals surface area contributed by atoms with E-state index in [-0.39, 0.29) is 41.9 Å². The number of hydrogen-bond acceptors (Lipinski definition) is 5. The first-order chi connectivity index (χ1) is 16.9. The fourth-order valence-electron chi connectivity index (χ4n) is 4.24. The van der Waals surface area contributed by atoms with Gasteiger partial charge in [0.15, 0.2) is 0 Å². The molecule has 190 valence electrons. The predicted molar refractivity (Wildman–Crippen MR) is 138 cm³/mol. The Bertz CT molecular complexity index is 912. The van der Waals surface area contributed by atoms with E-state index in [9.17, 15) is 14.7 Å². The van der Waals surface area contributed by atoms with E-state index in [0.717, 1.165) is 18.5 Å². The van der Waals surface area contributed by atoms with E-state index in [1.54, 1.807) is 12.1 Å². The molecule has 1 fully saturated rings. The number of ether oxygens (including phenoxy) is 1. The molecular weight excluding hydrogens is 442 g/mol. The lowest BCUT2D eigenvalue weighted by Crippen LogP contribution is -2.47. The van der Waals surface area contributed by atoms with Gasteiger partial charge in [0.1, 0.15) is 5.75 Å². The lowest BCUT2D eigenvalue weighted by atomic mass is 9.93. The number of aryl methyl sites for hydroxylation is 1. The minimum Gasteiger partial charge on any atom is -0.508 e. The van der Waals surface area contributed by atoms with Gasteiger partial charge in [0.2, 0.25) is 11.8 Å². The molecule has 2 aromatic carbocycles. The summed E-state index contributed by atoms with van der Waals surface area (Å²) in [5.41, 5.74) is 2.12. The van der Waals surface area contributed by atoms with E-state index in [4.69, 9.17) is 4.74 Å². The van der Waals surface area contributed by atoms with Crippen LogP contribution in [-0.4, -0.2) is 60.7 Å². The summed E-state index contributed by atoms with van der Waals surface area (Å²) in [5, 5.41) is 16.0. The third-order valence-corrected chi connectivity index (χ3v) is 6.54. The van der Waals surface area contributed by atoms with Crippen LogP contribution >= 0.6 is 0 Å². The van der Waals surface area contributed by atoms with Crippen molar-refractivity contribution in [3.63, 3.8) is 0 Å². The molecule has 7 heteroatoms. The van der Waals surface area contributed by atoms with Crippen molar-refractivity contribution in [3.05, 3.63) is 60.2 Å². The number of phenolic OH excluding ortho intramolecular Hbond substituents is 1. The molecule has 0 bridgehead atoms. The van der Waals surface area contributed by atoms with Crippen LogP contribution in [0.4, 0.5) is 5.69 Å². The summed E-state index contributed by atoms with van der Waals surface area (Å²) in [6.45, 7) is 6.98. The molecule has 3 rings (SSSR count). The molecule has 35 heavy (non-hydrogen) atoms. The van der Waals surface area contributed by atoms with Gasteiger partial charge in [-0.15, -0.1) is 0 Å². The number of phenols is 1. The molecule has 0 aliphatic carbocycles. The number of anilines is 1. The van der Waals surface area contributed by atoms with E-state index in [1.807, 2.05) is 35.2 Å². The Kier molecular flexibility index (Phi) is 10.4. The van der Waals surface area contributed by atoms with Crippen molar-refractivity contribution in [1.82, 2.24) is 10.2 Å². The SMILES string of the molecule is CC(C)[C@@H](CNc1ccc(O)cc1)NC(=O)[C@H](CCCc1ccccc1)CC(=O)N1CCOCC1. The summed E-state index contributed by atoms with van der Waals surface area (Å²) in [6.07, 6.45) is 2.60. The van der Waals surface area contributed by atoms with Gasteiger partial charge in [-0.05, 0) is 55.0 Å². The molecule has 1 heterocycles. The molecule has 2 aromatic rings.